The van der Waals surface area contributed by atoms with Gasteiger partial charge >= 0.3 is 0 Å². The van der Waals surface area contributed by atoms with Crippen LogP contribution >= 0.6 is 0 Å². The molecule has 0 spiro atoms. The van der Waals surface area contributed by atoms with Crippen LogP contribution in [0.4, 0.5) is 5.69 Å². The molecule has 3 nitrogen and oxygen atoms in total. The van der Waals surface area contributed by atoms with Gasteiger partial charge in [0.05, 0.1) is 11.9 Å². The SMILES string of the molecule is Bc1cncc(NC(=O)C2CCC2)c1. The molecule has 1 aromatic rings. The van der Waals surface area contributed by atoms with Gasteiger partial charge in [-0.2, -0.15) is 0 Å². The van der Waals surface area contributed by atoms with Crippen LogP contribution in [0, 0.1) is 5.92 Å². The second kappa shape index (κ2) is 3.82. The molecule has 1 heterocycles. The molecule has 1 fully saturated rings. The molecule has 0 saturated heterocycles. The number of nitrogens with one attached hydrogen (secondary N) is 1. The first-order valence-corrected chi connectivity index (χ1v) is 4.98. The number of hydrogen-bond donors (Lipinski definition) is 1. The maximum absolute atomic E-state index is 11.6. The normalized spacial score (nSPS) is 16.0. The van der Waals surface area contributed by atoms with E-state index in [1.54, 1.807) is 12.4 Å². The standard InChI is InChI=1S/C10H13BN2O/c11-8-4-9(6-12-5-8)13-10(14)7-2-1-3-7/h4-7H,1-3,11H2,(H,13,14). The van der Waals surface area contributed by atoms with Crippen molar-refractivity contribution in [3.63, 3.8) is 0 Å². The zero-order chi connectivity index (χ0) is 9.97. The first-order valence-electron chi connectivity index (χ1n) is 4.98. The summed E-state index contributed by atoms with van der Waals surface area (Å²) >= 11 is 0. The molecule has 0 aliphatic heterocycles. The first kappa shape index (κ1) is 9.25. The molecule has 1 aliphatic carbocycles. The van der Waals surface area contributed by atoms with Crippen LogP contribution in [0.15, 0.2) is 18.5 Å². The van der Waals surface area contributed by atoms with E-state index in [0.29, 0.717) is 0 Å². The van der Waals surface area contributed by atoms with Crippen molar-refractivity contribution in [3.8, 4) is 0 Å². The smallest absolute Gasteiger partial charge is 0.227 e. The lowest BCUT2D eigenvalue weighted by Gasteiger charge is -2.23. The molecule has 0 radical (unpaired) electrons. The molecule has 0 bridgehead atoms. The van der Waals surface area contributed by atoms with E-state index in [0.717, 1.165) is 24.0 Å². The summed E-state index contributed by atoms with van der Waals surface area (Å²) in [6, 6.07) is 1.93. The van der Waals surface area contributed by atoms with Crippen LogP contribution in [0.2, 0.25) is 0 Å². The van der Waals surface area contributed by atoms with E-state index >= 15 is 0 Å². The zero-order valence-electron chi connectivity index (χ0n) is 8.29. The summed E-state index contributed by atoms with van der Waals surface area (Å²) in [6.07, 6.45) is 6.71. The second-order valence-electron chi connectivity index (χ2n) is 3.87. The Kier molecular flexibility index (Phi) is 2.52. The van der Waals surface area contributed by atoms with Crippen molar-refractivity contribution in [2.45, 2.75) is 19.3 Å². The number of aromatic nitrogens is 1. The number of carbonyl (C=O) groups is 1. The molecule has 0 atom stereocenters. The molecule has 0 unspecified atom stereocenters. The topological polar surface area (TPSA) is 42.0 Å². The van der Waals surface area contributed by atoms with Crippen LogP contribution in [0.1, 0.15) is 19.3 Å². The van der Waals surface area contributed by atoms with E-state index in [9.17, 15) is 4.79 Å². The Bertz CT molecular complexity index is 350. The van der Waals surface area contributed by atoms with Gasteiger partial charge in [0.1, 0.15) is 7.85 Å². The Labute approximate surface area is 84.3 Å². The number of rotatable bonds is 2. The highest BCUT2D eigenvalue weighted by atomic mass is 16.1. The van der Waals surface area contributed by atoms with Gasteiger partial charge in [-0.05, 0) is 18.9 Å². The minimum Gasteiger partial charge on any atom is -0.325 e. The predicted octanol–water partition coefficient (Wildman–Crippen LogP) is 0.0786. The van der Waals surface area contributed by atoms with E-state index in [4.69, 9.17) is 0 Å². The average molecular weight is 188 g/mol. The molecule has 1 N–H and O–H groups in total. The Morgan fingerprint density at radius 3 is 2.86 bits per heavy atom. The lowest BCUT2D eigenvalue weighted by molar-refractivity contribution is -0.122. The first-order chi connectivity index (χ1) is 6.75. The van der Waals surface area contributed by atoms with Crippen molar-refractivity contribution in [2.24, 2.45) is 5.92 Å². The largest absolute Gasteiger partial charge is 0.325 e. The summed E-state index contributed by atoms with van der Waals surface area (Å²) in [5, 5.41) is 2.88. The van der Waals surface area contributed by atoms with Crippen LogP contribution < -0.4 is 10.8 Å². The van der Waals surface area contributed by atoms with Crippen molar-refractivity contribution in [2.75, 3.05) is 5.32 Å². The van der Waals surface area contributed by atoms with Crippen LogP contribution in [0.5, 0.6) is 0 Å². The van der Waals surface area contributed by atoms with E-state index in [1.165, 1.54) is 6.42 Å². The van der Waals surface area contributed by atoms with E-state index in [-0.39, 0.29) is 11.8 Å². The van der Waals surface area contributed by atoms with Gasteiger partial charge in [0.2, 0.25) is 5.91 Å². The molecule has 14 heavy (non-hydrogen) atoms. The van der Waals surface area contributed by atoms with Gasteiger partial charge < -0.3 is 5.32 Å². The lowest BCUT2D eigenvalue weighted by atomic mass is 9.85. The zero-order valence-corrected chi connectivity index (χ0v) is 8.29. The van der Waals surface area contributed by atoms with Gasteiger partial charge in [0.15, 0.2) is 0 Å². The van der Waals surface area contributed by atoms with Gasteiger partial charge in [-0.3, -0.25) is 9.78 Å². The van der Waals surface area contributed by atoms with Crippen LogP contribution in [-0.2, 0) is 4.79 Å². The fraction of sp³-hybridized carbons (Fsp3) is 0.400. The summed E-state index contributed by atoms with van der Waals surface area (Å²) in [6.45, 7) is 0. The molecule has 1 aliphatic rings. The third-order valence-electron chi connectivity index (χ3n) is 2.62. The number of carbonyl (C=O) groups excluding carboxylic acids is 1. The quantitative estimate of drug-likeness (QED) is 0.667. The monoisotopic (exact) mass is 188 g/mol. The third-order valence-corrected chi connectivity index (χ3v) is 2.62. The van der Waals surface area contributed by atoms with E-state index in [1.807, 2.05) is 13.9 Å². The van der Waals surface area contributed by atoms with Gasteiger partial charge in [0, 0.05) is 12.1 Å². The molecule has 1 aromatic heterocycles. The van der Waals surface area contributed by atoms with Gasteiger partial charge in [0.25, 0.3) is 0 Å². The summed E-state index contributed by atoms with van der Waals surface area (Å²) in [4.78, 5) is 15.6. The third kappa shape index (κ3) is 1.95. The summed E-state index contributed by atoms with van der Waals surface area (Å²) in [5.41, 5.74) is 1.87. The molecule has 1 amide bonds. The van der Waals surface area contributed by atoms with Gasteiger partial charge in [-0.25, -0.2) is 0 Å². The Hall–Kier alpha value is -1.32. The van der Waals surface area contributed by atoms with Crippen LogP contribution in [-0.4, -0.2) is 18.7 Å². The van der Waals surface area contributed by atoms with Crippen molar-refractivity contribution in [3.05, 3.63) is 18.5 Å². The highest BCUT2D eigenvalue weighted by molar-refractivity contribution is 6.32. The van der Waals surface area contributed by atoms with Crippen molar-refractivity contribution in [1.82, 2.24) is 4.98 Å². The predicted molar refractivity (Wildman–Crippen MR) is 58.4 cm³/mol. The number of hydrogen-bond acceptors (Lipinski definition) is 2. The molecule has 0 aromatic carbocycles. The highest BCUT2D eigenvalue weighted by Crippen LogP contribution is 2.27. The van der Waals surface area contributed by atoms with Crippen LogP contribution in [0.3, 0.4) is 0 Å². The molecular formula is C10H13BN2O. The molecule has 2 rings (SSSR count). The number of nitrogens with zero attached hydrogens (tertiary/aromatic N) is 1. The maximum Gasteiger partial charge on any atom is 0.227 e. The number of pyridine rings is 1. The summed E-state index contributed by atoms with van der Waals surface area (Å²) in [7, 11) is 1.96. The van der Waals surface area contributed by atoms with Crippen molar-refractivity contribution in [1.29, 1.82) is 0 Å². The fourth-order valence-electron chi connectivity index (χ4n) is 1.54. The minimum atomic E-state index is 0.142. The van der Waals surface area contributed by atoms with Crippen molar-refractivity contribution < 1.29 is 4.79 Å². The molecule has 72 valence electrons. The minimum absolute atomic E-state index is 0.142. The Morgan fingerprint density at radius 1 is 1.50 bits per heavy atom. The number of anilines is 1. The van der Waals surface area contributed by atoms with Gasteiger partial charge in [-0.15, -0.1) is 0 Å². The summed E-state index contributed by atoms with van der Waals surface area (Å²) < 4.78 is 0. The van der Waals surface area contributed by atoms with Crippen molar-refractivity contribution >= 4 is 24.9 Å². The molecule has 4 heteroatoms. The molecule has 1 saturated carbocycles. The second-order valence-corrected chi connectivity index (χ2v) is 3.87. The van der Waals surface area contributed by atoms with E-state index in [2.05, 4.69) is 10.3 Å². The van der Waals surface area contributed by atoms with E-state index < -0.39 is 0 Å². The molecular weight excluding hydrogens is 175 g/mol. The summed E-state index contributed by atoms with van der Waals surface area (Å²) in [5.74, 6) is 0.374. The Morgan fingerprint density at radius 2 is 2.29 bits per heavy atom. The number of amides is 1. The fourth-order valence-corrected chi connectivity index (χ4v) is 1.54. The average Bonchev–Trinajstić information content (AvgIpc) is 1.99. The van der Waals surface area contributed by atoms with Gasteiger partial charge in [-0.1, -0.05) is 11.9 Å². The Balaban J connectivity index is 1.99. The highest BCUT2D eigenvalue weighted by Gasteiger charge is 2.24. The lowest BCUT2D eigenvalue weighted by Crippen LogP contribution is -2.28. The maximum atomic E-state index is 11.6. The van der Waals surface area contributed by atoms with Crippen LogP contribution in [0.25, 0.3) is 0 Å².